The van der Waals surface area contributed by atoms with E-state index in [0.29, 0.717) is 22.7 Å². The number of carbonyl (C=O) groups excluding carboxylic acids is 1. The first-order chi connectivity index (χ1) is 7.43. The molecule has 1 aromatic rings. The Morgan fingerprint density at radius 2 is 2.00 bits per heavy atom. The van der Waals surface area contributed by atoms with Gasteiger partial charge in [-0.25, -0.2) is 0 Å². The van der Waals surface area contributed by atoms with Crippen LogP contribution in [0.1, 0.15) is 40.8 Å². The van der Waals surface area contributed by atoms with Crippen LogP contribution in [0.5, 0.6) is 0 Å². The summed E-state index contributed by atoms with van der Waals surface area (Å²) in [6.45, 7) is 8.34. The summed E-state index contributed by atoms with van der Waals surface area (Å²) < 4.78 is 5.42. The lowest BCUT2D eigenvalue weighted by Crippen LogP contribution is -2.26. The molecule has 0 fully saturated rings. The quantitative estimate of drug-likeness (QED) is 0.865. The Morgan fingerprint density at radius 1 is 1.38 bits per heavy atom. The fourth-order valence-electron chi connectivity index (χ4n) is 1.60. The smallest absolute Gasteiger partial charge is 0.255 e. The molecule has 3 nitrogen and oxygen atoms in total. The molecule has 0 radical (unpaired) electrons. The zero-order valence-corrected chi connectivity index (χ0v) is 11.8. The molecule has 0 bridgehead atoms. The molecule has 0 aliphatic rings. The predicted molar refractivity (Wildman–Crippen MR) is 68.3 cm³/mol. The number of aryl methyl sites for hydroxylation is 2. The minimum Gasteiger partial charge on any atom is -0.466 e. The fourth-order valence-corrected chi connectivity index (χ4v) is 1.83. The molecule has 1 heterocycles. The molecule has 0 aliphatic heterocycles. The van der Waals surface area contributed by atoms with Gasteiger partial charge >= 0.3 is 0 Å². The van der Waals surface area contributed by atoms with Gasteiger partial charge < -0.3 is 9.73 Å². The number of carbonyl (C=O) groups is 1. The number of rotatable bonds is 4. The number of furan rings is 1. The molecule has 1 N–H and O–H groups in total. The van der Waals surface area contributed by atoms with E-state index < -0.39 is 0 Å². The topological polar surface area (TPSA) is 42.2 Å². The Balaban J connectivity index is 2.66. The zero-order valence-electron chi connectivity index (χ0n) is 10.2. The molecular formula is C12H18BrNO2. The summed E-state index contributed by atoms with van der Waals surface area (Å²) >= 11 is 3.44. The molecule has 1 aromatic heterocycles. The summed E-state index contributed by atoms with van der Waals surface area (Å²) in [7, 11) is 0. The molecule has 0 spiro atoms. The van der Waals surface area contributed by atoms with Gasteiger partial charge in [-0.05, 0) is 27.2 Å². The Bertz CT molecular complexity index is 383. The van der Waals surface area contributed by atoms with Gasteiger partial charge in [0.1, 0.15) is 11.5 Å². The lowest BCUT2D eigenvalue weighted by molar-refractivity contribution is 0.0951. The molecule has 1 unspecified atom stereocenters. The lowest BCUT2D eigenvalue weighted by Gasteiger charge is -2.06. The minimum atomic E-state index is -0.0417. The first-order valence-electron chi connectivity index (χ1n) is 5.42. The van der Waals surface area contributed by atoms with Gasteiger partial charge in [-0.1, -0.05) is 22.9 Å². The molecule has 16 heavy (non-hydrogen) atoms. The number of halogens is 1. The second kappa shape index (κ2) is 5.53. The van der Waals surface area contributed by atoms with E-state index in [1.807, 2.05) is 20.8 Å². The number of hydrogen-bond donors (Lipinski definition) is 1. The van der Waals surface area contributed by atoms with Crippen LogP contribution in [0.3, 0.4) is 0 Å². The van der Waals surface area contributed by atoms with Crippen molar-refractivity contribution < 1.29 is 9.21 Å². The maximum atomic E-state index is 11.9. The van der Waals surface area contributed by atoms with Crippen LogP contribution < -0.4 is 5.32 Å². The number of alkyl halides is 1. The minimum absolute atomic E-state index is 0.0417. The van der Waals surface area contributed by atoms with Crippen molar-refractivity contribution in [3.8, 4) is 0 Å². The van der Waals surface area contributed by atoms with Crippen molar-refractivity contribution in [1.29, 1.82) is 0 Å². The third-order valence-electron chi connectivity index (χ3n) is 2.62. The molecule has 0 aromatic carbocycles. The highest BCUT2D eigenvalue weighted by Crippen LogP contribution is 2.20. The molecule has 0 saturated heterocycles. The SMILES string of the molecule is Cc1oc(C)c(C(=O)NCCC(C)Br)c1C. The van der Waals surface area contributed by atoms with E-state index in [-0.39, 0.29) is 5.91 Å². The zero-order chi connectivity index (χ0) is 12.3. The number of amides is 1. The Hall–Kier alpha value is -0.770. The van der Waals surface area contributed by atoms with E-state index in [9.17, 15) is 4.79 Å². The van der Waals surface area contributed by atoms with E-state index >= 15 is 0 Å². The summed E-state index contributed by atoms with van der Waals surface area (Å²) in [5, 5.41) is 2.90. The fraction of sp³-hybridized carbons (Fsp3) is 0.583. The molecule has 1 amide bonds. The van der Waals surface area contributed by atoms with E-state index in [2.05, 4.69) is 28.2 Å². The monoisotopic (exact) mass is 287 g/mol. The van der Waals surface area contributed by atoms with Gasteiger partial charge in [-0.2, -0.15) is 0 Å². The highest BCUT2D eigenvalue weighted by molar-refractivity contribution is 9.09. The van der Waals surface area contributed by atoms with Crippen LogP contribution in [0.15, 0.2) is 4.42 Å². The van der Waals surface area contributed by atoms with Crippen LogP contribution in [0.25, 0.3) is 0 Å². The summed E-state index contributed by atoms with van der Waals surface area (Å²) in [6.07, 6.45) is 0.917. The van der Waals surface area contributed by atoms with Gasteiger partial charge in [-0.15, -0.1) is 0 Å². The Morgan fingerprint density at radius 3 is 2.44 bits per heavy atom. The van der Waals surface area contributed by atoms with Crippen molar-refractivity contribution >= 4 is 21.8 Å². The third kappa shape index (κ3) is 3.11. The molecule has 0 saturated carbocycles. The molecule has 1 rings (SSSR count). The number of nitrogens with one attached hydrogen (secondary N) is 1. The van der Waals surface area contributed by atoms with E-state index in [1.165, 1.54) is 0 Å². The largest absolute Gasteiger partial charge is 0.466 e. The second-order valence-electron chi connectivity index (χ2n) is 4.04. The normalized spacial score (nSPS) is 12.6. The van der Waals surface area contributed by atoms with Crippen molar-refractivity contribution in [2.75, 3.05) is 6.54 Å². The average molecular weight is 288 g/mol. The van der Waals surface area contributed by atoms with Crippen molar-refractivity contribution in [3.63, 3.8) is 0 Å². The summed E-state index contributed by atoms with van der Waals surface area (Å²) in [5.41, 5.74) is 1.61. The van der Waals surface area contributed by atoms with E-state index in [0.717, 1.165) is 17.7 Å². The van der Waals surface area contributed by atoms with Gasteiger partial charge in [0, 0.05) is 16.9 Å². The van der Waals surface area contributed by atoms with Crippen molar-refractivity contribution in [2.45, 2.75) is 38.9 Å². The van der Waals surface area contributed by atoms with E-state index in [4.69, 9.17) is 4.42 Å². The molecule has 1 atom stereocenters. The van der Waals surface area contributed by atoms with Crippen LogP contribution in [0, 0.1) is 20.8 Å². The van der Waals surface area contributed by atoms with Crippen LogP contribution in [0.4, 0.5) is 0 Å². The van der Waals surface area contributed by atoms with Crippen molar-refractivity contribution in [1.82, 2.24) is 5.32 Å². The molecule has 4 heteroatoms. The Labute approximate surface area is 105 Å². The van der Waals surface area contributed by atoms with Gasteiger partial charge in [-0.3, -0.25) is 4.79 Å². The van der Waals surface area contributed by atoms with Crippen LogP contribution in [-0.2, 0) is 0 Å². The highest BCUT2D eigenvalue weighted by Gasteiger charge is 2.17. The van der Waals surface area contributed by atoms with Crippen LogP contribution >= 0.6 is 15.9 Å². The van der Waals surface area contributed by atoms with E-state index in [1.54, 1.807) is 0 Å². The lowest BCUT2D eigenvalue weighted by atomic mass is 10.1. The molecular weight excluding hydrogens is 270 g/mol. The Kier molecular flexibility index (Phi) is 4.59. The molecule has 90 valence electrons. The maximum absolute atomic E-state index is 11.9. The van der Waals surface area contributed by atoms with Gasteiger partial charge in [0.05, 0.1) is 5.56 Å². The summed E-state index contributed by atoms with van der Waals surface area (Å²) in [6, 6.07) is 0. The standard InChI is InChI=1S/C12H18BrNO2/c1-7(13)5-6-14-12(15)11-8(2)9(3)16-10(11)4/h7H,5-6H2,1-4H3,(H,14,15). The van der Waals surface area contributed by atoms with Crippen molar-refractivity contribution in [2.24, 2.45) is 0 Å². The van der Waals surface area contributed by atoms with Crippen LogP contribution in [0.2, 0.25) is 0 Å². The van der Waals surface area contributed by atoms with Gasteiger partial charge in [0.25, 0.3) is 5.91 Å². The second-order valence-corrected chi connectivity index (χ2v) is 5.60. The van der Waals surface area contributed by atoms with Crippen molar-refractivity contribution in [3.05, 3.63) is 22.6 Å². The summed E-state index contributed by atoms with van der Waals surface area (Å²) in [5.74, 6) is 1.47. The first-order valence-corrected chi connectivity index (χ1v) is 6.34. The van der Waals surface area contributed by atoms with Crippen LogP contribution in [-0.4, -0.2) is 17.3 Å². The van der Waals surface area contributed by atoms with Gasteiger partial charge in [0.15, 0.2) is 0 Å². The first kappa shape index (κ1) is 13.3. The number of hydrogen-bond acceptors (Lipinski definition) is 2. The highest BCUT2D eigenvalue weighted by atomic mass is 79.9. The van der Waals surface area contributed by atoms with Gasteiger partial charge in [0.2, 0.25) is 0 Å². The summed E-state index contributed by atoms with van der Waals surface area (Å²) in [4.78, 5) is 12.3. The molecule has 0 aliphatic carbocycles. The maximum Gasteiger partial charge on any atom is 0.255 e. The average Bonchev–Trinajstić information content (AvgIpc) is 2.40. The predicted octanol–water partition coefficient (Wildman–Crippen LogP) is 3.11. The third-order valence-corrected chi connectivity index (χ3v) is 3.07.